The summed E-state index contributed by atoms with van der Waals surface area (Å²) in [6, 6.07) is -1.01. The maximum atomic E-state index is 13.4. The van der Waals surface area contributed by atoms with Crippen LogP contribution in [0.15, 0.2) is 72.9 Å². The van der Waals surface area contributed by atoms with Crippen LogP contribution in [0.1, 0.15) is 245 Å². The van der Waals surface area contributed by atoms with Gasteiger partial charge in [-0.3, -0.25) is 4.79 Å². The molecule has 17 unspecified atom stereocenters. The molecule has 0 spiro atoms. The maximum Gasteiger partial charge on any atom is 0.220 e. The standard InChI is InChI=1S/C72H127NO18/c1-3-5-7-9-11-13-15-17-19-21-23-25-26-27-28-30-31-33-35-37-39-41-43-45-47-49-56(77)55(73-60(78)50-48-46-44-42-40-38-36-34-32-29-24-22-20-18-16-14-12-10-8-6-4-2)54-86-70-66(84)63(81)68(58(52-75)88-70)91-72-67(85)64(82)69(59(53-76)89-72)90-71-65(83)62(80)61(79)57(51-74)87-71/h16,18,22,24,31-34,39,41,47,49,55-59,61-72,74-77,79-85H,3-15,17,19-21,23,25-30,35-38,40,42-46,48,50-54H2,1-2H3,(H,73,78)/b18-16-,24-22-,33-31+,34-32-,41-39+,49-47+. The second-order valence-corrected chi connectivity index (χ2v) is 25.3. The van der Waals surface area contributed by atoms with Gasteiger partial charge in [0.05, 0.1) is 38.6 Å². The predicted molar refractivity (Wildman–Crippen MR) is 355 cm³/mol. The number of amides is 1. The first-order valence-corrected chi connectivity index (χ1v) is 35.7. The summed E-state index contributed by atoms with van der Waals surface area (Å²) >= 11 is 0. The molecular weight excluding hydrogens is 1170 g/mol. The SMILES string of the molecule is CCCCCCC/C=C\C/C=C\C/C=C\CCCCCCCCC(=O)NC(COC1OC(CO)C(OC2OC(CO)C(OC3OC(CO)C(O)C(O)C3O)C(O)C2O)C(O)C1O)C(O)/C=C/CC/C=C/CC/C=C/CCCCCCCCCCCCCCCCC. The number of nitrogens with one attached hydrogen (secondary N) is 1. The average molecular weight is 1290 g/mol. The Morgan fingerprint density at radius 2 is 0.736 bits per heavy atom. The van der Waals surface area contributed by atoms with Gasteiger partial charge in [0.15, 0.2) is 18.9 Å². The van der Waals surface area contributed by atoms with Crippen molar-refractivity contribution >= 4 is 5.91 Å². The van der Waals surface area contributed by atoms with Crippen molar-refractivity contribution in [1.29, 1.82) is 0 Å². The van der Waals surface area contributed by atoms with Gasteiger partial charge in [0.2, 0.25) is 5.91 Å². The molecule has 3 aliphatic heterocycles. The molecular formula is C72H127NO18. The van der Waals surface area contributed by atoms with Crippen LogP contribution in [-0.2, 0) is 33.2 Å². The molecule has 12 N–H and O–H groups in total. The van der Waals surface area contributed by atoms with E-state index in [0.717, 1.165) is 77.0 Å². The molecule has 91 heavy (non-hydrogen) atoms. The minimum absolute atomic E-state index is 0.214. The first kappa shape index (κ1) is 82.5. The van der Waals surface area contributed by atoms with Gasteiger partial charge in [-0.1, -0.05) is 228 Å². The van der Waals surface area contributed by atoms with Gasteiger partial charge in [-0.15, -0.1) is 0 Å². The fourth-order valence-corrected chi connectivity index (χ4v) is 11.6. The molecule has 0 bridgehead atoms. The van der Waals surface area contributed by atoms with E-state index in [1.54, 1.807) is 6.08 Å². The molecule has 0 aromatic carbocycles. The largest absolute Gasteiger partial charge is 0.394 e. The first-order chi connectivity index (χ1) is 44.3. The van der Waals surface area contributed by atoms with Crippen LogP contribution in [0.2, 0.25) is 0 Å². The van der Waals surface area contributed by atoms with E-state index in [4.69, 9.17) is 28.4 Å². The monoisotopic (exact) mass is 1290 g/mol. The van der Waals surface area contributed by atoms with Gasteiger partial charge in [0.25, 0.3) is 0 Å². The van der Waals surface area contributed by atoms with Crippen LogP contribution in [0.5, 0.6) is 0 Å². The predicted octanol–water partition coefficient (Wildman–Crippen LogP) is 9.72. The van der Waals surface area contributed by atoms with E-state index >= 15 is 0 Å². The van der Waals surface area contributed by atoms with Crippen molar-refractivity contribution < 1.29 is 89.4 Å². The van der Waals surface area contributed by atoms with Gasteiger partial charge in [0, 0.05) is 6.42 Å². The van der Waals surface area contributed by atoms with E-state index in [2.05, 4.69) is 79.9 Å². The minimum atomic E-state index is -1.99. The fraction of sp³-hybridized carbons (Fsp3) is 0.819. The summed E-state index contributed by atoms with van der Waals surface area (Å²) in [4.78, 5) is 13.4. The Kier molecular flexibility index (Phi) is 48.4. The summed E-state index contributed by atoms with van der Waals surface area (Å²) < 4.78 is 34.3. The Morgan fingerprint density at radius 1 is 0.396 bits per heavy atom. The topological polar surface area (TPSA) is 307 Å². The maximum absolute atomic E-state index is 13.4. The highest BCUT2D eigenvalue weighted by molar-refractivity contribution is 5.76. The Balaban J connectivity index is 1.46. The summed E-state index contributed by atoms with van der Waals surface area (Å²) in [5, 5.41) is 121. The highest BCUT2D eigenvalue weighted by atomic mass is 16.8. The summed E-state index contributed by atoms with van der Waals surface area (Å²) in [5.41, 5.74) is 0. The molecule has 1 amide bonds. The van der Waals surface area contributed by atoms with Crippen LogP contribution in [0.4, 0.5) is 0 Å². The zero-order valence-electron chi connectivity index (χ0n) is 55.8. The summed E-state index contributed by atoms with van der Waals surface area (Å²) in [7, 11) is 0. The number of unbranched alkanes of at least 4 members (excludes halogenated alkanes) is 28. The molecule has 3 rings (SSSR count). The van der Waals surface area contributed by atoms with Gasteiger partial charge in [-0.25, -0.2) is 0 Å². The summed E-state index contributed by atoms with van der Waals surface area (Å²) in [5.74, 6) is -0.303. The Hall–Kier alpha value is -2.77. The number of rotatable bonds is 54. The second kappa shape index (κ2) is 53.4. The van der Waals surface area contributed by atoms with Crippen LogP contribution < -0.4 is 5.32 Å². The van der Waals surface area contributed by atoms with E-state index < -0.39 is 124 Å². The Morgan fingerprint density at radius 3 is 1.18 bits per heavy atom. The molecule has 19 nitrogen and oxygen atoms in total. The van der Waals surface area contributed by atoms with Crippen molar-refractivity contribution in [3.8, 4) is 0 Å². The van der Waals surface area contributed by atoms with Crippen LogP contribution in [0, 0.1) is 0 Å². The molecule has 0 saturated carbocycles. The van der Waals surface area contributed by atoms with Gasteiger partial charge in [0.1, 0.15) is 73.2 Å². The Bertz CT molecular complexity index is 1930. The van der Waals surface area contributed by atoms with E-state index in [1.165, 1.54) is 135 Å². The number of carbonyl (C=O) groups is 1. The summed E-state index contributed by atoms with van der Waals surface area (Å²) in [6.07, 6.45) is 40.2. The zero-order valence-corrected chi connectivity index (χ0v) is 55.8. The molecule has 3 saturated heterocycles. The van der Waals surface area contributed by atoms with Crippen molar-refractivity contribution in [1.82, 2.24) is 5.32 Å². The zero-order chi connectivity index (χ0) is 66.1. The number of ether oxygens (including phenoxy) is 6. The van der Waals surface area contributed by atoms with Gasteiger partial charge < -0.3 is 89.9 Å². The van der Waals surface area contributed by atoms with Gasteiger partial charge in [-0.2, -0.15) is 0 Å². The molecule has 17 atom stereocenters. The molecule has 528 valence electrons. The van der Waals surface area contributed by atoms with Crippen molar-refractivity contribution in [2.24, 2.45) is 0 Å². The highest BCUT2D eigenvalue weighted by Gasteiger charge is 2.53. The summed E-state index contributed by atoms with van der Waals surface area (Å²) in [6.45, 7) is 1.69. The Labute approximate surface area is 547 Å². The van der Waals surface area contributed by atoms with Crippen LogP contribution in [0.3, 0.4) is 0 Å². The quantitative estimate of drug-likeness (QED) is 0.0199. The van der Waals surface area contributed by atoms with Crippen molar-refractivity contribution in [3.63, 3.8) is 0 Å². The number of hydrogen-bond donors (Lipinski definition) is 12. The van der Waals surface area contributed by atoms with Crippen molar-refractivity contribution in [3.05, 3.63) is 72.9 Å². The first-order valence-electron chi connectivity index (χ1n) is 35.7. The lowest BCUT2D eigenvalue weighted by Crippen LogP contribution is -2.66. The van der Waals surface area contributed by atoms with Crippen LogP contribution in [-0.4, -0.2) is 193 Å². The normalized spacial score (nSPS) is 28.3. The van der Waals surface area contributed by atoms with Crippen LogP contribution >= 0.6 is 0 Å². The number of allylic oxidation sites excluding steroid dienone is 11. The van der Waals surface area contributed by atoms with Crippen molar-refractivity contribution in [2.75, 3.05) is 26.4 Å². The smallest absolute Gasteiger partial charge is 0.220 e. The molecule has 3 fully saturated rings. The lowest BCUT2D eigenvalue weighted by atomic mass is 9.96. The molecule has 0 aromatic heterocycles. The van der Waals surface area contributed by atoms with E-state index in [9.17, 15) is 61.0 Å². The fourth-order valence-electron chi connectivity index (χ4n) is 11.6. The lowest BCUT2D eigenvalue weighted by molar-refractivity contribution is -0.379. The molecule has 0 aromatic rings. The molecule has 19 heteroatoms. The van der Waals surface area contributed by atoms with E-state index in [-0.39, 0.29) is 18.9 Å². The minimum Gasteiger partial charge on any atom is -0.394 e. The third-order valence-electron chi connectivity index (χ3n) is 17.5. The lowest BCUT2D eigenvalue weighted by Gasteiger charge is -2.48. The second-order valence-electron chi connectivity index (χ2n) is 25.3. The number of carbonyl (C=O) groups excluding carboxylic acids is 1. The molecule has 0 aliphatic carbocycles. The number of aliphatic hydroxyl groups excluding tert-OH is 11. The molecule has 0 radical (unpaired) electrons. The molecule has 3 aliphatic rings. The van der Waals surface area contributed by atoms with E-state index in [1.807, 2.05) is 6.08 Å². The number of hydrogen-bond acceptors (Lipinski definition) is 18. The molecule has 3 heterocycles. The van der Waals surface area contributed by atoms with E-state index in [0.29, 0.717) is 12.8 Å². The highest BCUT2D eigenvalue weighted by Crippen LogP contribution is 2.33. The average Bonchev–Trinajstić information content (AvgIpc) is 0.883. The van der Waals surface area contributed by atoms with Gasteiger partial charge >= 0.3 is 0 Å². The third kappa shape index (κ3) is 35.2. The van der Waals surface area contributed by atoms with Gasteiger partial charge in [-0.05, 0) is 83.5 Å². The third-order valence-corrected chi connectivity index (χ3v) is 17.5. The van der Waals surface area contributed by atoms with Crippen molar-refractivity contribution in [2.45, 2.75) is 349 Å². The number of aliphatic hydroxyl groups is 11. The van der Waals surface area contributed by atoms with Crippen LogP contribution in [0.25, 0.3) is 0 Å².